The molecule has 0 aromatic heterocycles. The van der Waals surface area contributed by atoms with Gasteiger partial charge in [0.15, 0.2) is 0 Å². The summed E-state index contributed by atoms with van der Waals surface area (Å²) in [6.07, 6.45) is -0.0864. The number of esters is 1. The minimum absolute atomic E-state index is 0.0615. The molecule has 1 atom stereocenters. The van der Waals surface area contributed by atoms with Gasteiger partial charge in [-0.15, -0.1) is 5.92 Å². The van der Waals surface area contributed by atoms with Crippen molar-refractivity contribution in [2.45, 2.75) is 32.3 Å². The summed E-state index contributed by atoms with van der Waals surface area (Å²) in [4.78, 5) is 29.8. The van der Waals surface area contributed by atoms with Crippen LogP contribution in [0.15, 0.2) is 0 Å². The minimum atomic E-state index is -4.66. The summed E-state index contributed by atoms with van der Waals surface area (Å²) < 4.78 is 15.9. The molecule has 0 heterocycles. The molecular weight excluding hydrogens is 219 g/mol. The fraction of sp³-hybridized carbons (Fsp3) is 0.667. The second-order valence-corrected chi connectivity index (χ2v) is 4.70. The summed E-state index contributed by atoms with van der Waals surface area (Å²) in [5, 5.41) is -2.02. The first kappa shape index (κ1) is 14.2. The van der Waals surface area contributed by atoms with Crippen molar-refractivity contribution in [1.82, 2.24) is 0 Å². The van der Waals surface area contributed by atoms with Crippen LogP contribution in [0.5, 0.6) is 0 Å². The molecule has 0 radical (unpaired) electrons. The van der Waals surface area contributed by atoms with Crippen LogP contribution in [0.3, 0.4) is 0 Å². The molecule has 0 aliphatic carbocycles. The lowest BCUT2D eigenvalue weighted by atomic mass is 10.1. The Labute approximate surface area is 89.0 Å². The predicted molar refractivity (Wildman–Crippen MR) is 55.1 cm³/mol. The van der Waals surface area contributed by atoms with Crippen LogP contribution in [0, 0.1) is 11.8 Å². The fourth-order valence-corrected chi connectivity index (χ4v) is 2.11. The molecular formula is C9H15O5P. The van der Waals surface area contributed by atoms with E-state index in [9.17, 15) is 9.36 Å². The van der Waals surface area contributed by atoms with E-state index < -0.39 is 18.7 Å². The van der Waals surface area contributed by atoms with Crippen LogP contribution in [0.4, 0.5) is 0 Å². The Morgan fingerprint density at radius 1 is 1.47 bits per heavy atom. The molecule has 0 saturated heterocycles. The maximum Gasteiger partial charge on any atom is 0.354 e. The monoisotopic (exact) mass is 234 g/mol. The molecule has 5 nitrogen and oxygen atoms in total. The van der Waals surface area contributed by atoms with E-state index in [-0.39, 0.29) is 13.0 Å². The summed E-state index contributed by atoms with van der Waals surface area (Å²) in [5.41, 5.74) is 0. The summed E-state index contributed by atoms with van der Waals surface area (Å²) >= 11 is 0. The largest absolute Gasteiger partial charge is 0.464 e. The van der Waals surface area contributed by atoms with Gasteiger partial charge in [0, 0.05) is 0 Å². The molecule has 86 valence electrons. The van der Waals surface area contributed by atoms with Crippen LogP contribution in [0.1, 0.15) is 27.2 Å². The minimum Gasteiger partial charge on any atom is -0.464 e. The van der Waals surface area contributed by atoms with Crippen LogP contribution in [-0.4, -0.2) is 27.5 Å². The Hall–Kier alpha value is -0.820. The average Bonchev–Trinajstić information content (AvgIpc) is 2.12. The SMILES string of the molecule is CC#CC(CC)(C(=O)OCC)P(=O)(O)O. The quantitative estimate of drug-likeness (QED) is 0.429. The molecule has 2 N–H and O–H groups in total. The lowest BCUT2D eigenvalue weighted by molar-refractivity contribution is -0.145. The highest BCUT2D eigenvalue weighted by Gasteiger charge is 2.52. The van der Waals surface area contributed by atoms with Gasteiger partial charge in [0.05, 0.1) is 6.61 Å². The van der Waals surface area contributed by atoms with E-state index in [0.717, 1.165) is 0 Å². The molecule has 6 heteroatoms. The van der Waals surface area contributed by atoms with Crippen LogP contribution >= 0.6 is 7.60 Å². The summed E-state index contributed by atoms with van der Waals surface area (Å²) in [6.45, 7) is 4.53. The molecule has 1 unspecified atom stereocenters. The van der Waals surface area contributed by atoms with Gasteiger partial charge in [-0.05, 0) is 20.3 Å². The summed E-state index contributed by atoms with van der Waals surface area (Å²) in [6, 6.07) is 0. The van der Waals surface area contributed by atoms with Gasteiger partial charge in [-0.1, -0.05) is 12.8 Å². The molecule has 0 rings (SSSR count). The molecule has 0 bridgehead atoms. The topological polar surface area (TPSA) is 83.8 Å². The van der Waals surface area contributed by atoms with Crippen molar-refractivity contribution >= 4 is 13.6 Å². The predicted octanol–water partition coefficient (Wildman–Crippen LogP) is 0.899. The van der Waals surface area contributed by atoms with Gasteiger partial charge < -0.3 is 14.5 Å². The lowest BCUT2D eigenvalue weighted by Crippen LogP contribution is -2.38. The van der Waals surface area contributed by atoms with Gasteiger partial charge in [0.25, 0.3) is 0 Å². The molecule has 0 amide bonds. The van der Waals surface area contributed by atoms with Gasteiger partial charge in [0.1, 0.15) is 0 Å². The zero-order valence-electron chi connectivity index (χ0n) is 8.98. The first-order chi connectivity index (χ1) is 6.85. The third kappa shape index (κ3) is 2.82. The Kier molecular flexibility index (Phi) is 5.02. The van der Waals surface area contributed by atoms with Gasteiger partial charge >= 0.3 is 13.6 Å². The molecule has 0 aliphatic rings. The first-order valence-corrected chi connectivity index (χ1v) is 6.13. The van der Waals surface area contributed by atoms with Crippen LogP contribution in [0.2, 0.25) is 0 Å². The number of ether oxygens (including phenoxy) is 1. The summed E-state index contributed by atoms with van der Waals surface area (Å²) in [7, 11) is -4.66. The van der Waals surface area contributed by atoms with E-state index >= 15 is 0 Å². The van der Waals surface area contributed by atoms with E-state index in [0.29, 0.717) is 0 Å². The van der Waals surface area contributed by atoms with E-state index in [4.69, 9.17) is 9.79 Å². The van der Waals surface area contributed by atoms with Crippen molar-refractivity contribution in [3.63, 3.8) is 0 Å². The van der Waals surface area contributed by atoms with E-state index in [1.165, 1.54) is 13.8 Å². The Bertz CT molecular complexity index is 334. The molecule has 0 spiro atoms. The number of carbonyl (C=O) groups excluding carboxylic acids is 1. The maximum absolute atomic E-state index is 11.5. The van der Waals surface area contributed by atoms with E-state index in [2.05, 4.69) is 16.6 Å². The first-order valence-electron chi connectivity index (χ1n) is 4.52. The Morgan fingerprint density at radius 3 is 2.27 bits per heavy atom. The smallest absolute Gasteiger partial charge is 0.354 e. The maximum atomic E-state index is 11.5. The van der Waals surface area contributed by atoms with E-state index in [1.807, 2.05) is 0 Å². The Morgan fingerprint density at radius 2 is 2.00 bits per heavy atom. The molecule has 0 aliphatic heterocycles. The molecule has 0 aromatic carbocycles. The van der Waals surface area contributed by atoms with Crippen molar-refractivity contribution in [3.05, 3.63) is 0 Å². The third-order valence-electron chi connectivity index (χ3n) is 1.95. The molecule has 0 aromatic rings. The normalized spacial score (nSPS) is 14.7. The van der Waals surface area contributed by atoms with Crippen molar-refractivity contribution in [3.8, 4) is 11.8 Å². The van der Waals surface area contributed by atoms with Crippen molar-refractivity contribution in [1.29, 1.82) is 0 Å². The van der Waals surface area contributed by atoms with E-state index in [1.54, 1.807) is 6.92 Å². The number of hydrogen-bond acceptors (Lipinski definition) is 3. The summed E-state index contributed by atoms with van der Waals surface area (Å²) in [5.74, 6) is 3.68. The third-order valence-corrected chi connectivity index (χ3v) is 3.56. The zero-order chi connectivity index (χ0) is 12.1. The number of rotatable bonds is 4. The van der Waals surface area contributed by atoms with Crippen LogP contribution in [-0.2, 0) is 14.1 Å². The lowest BCUT2D eigenvalue weighted by Gasteiger charge is -2.25. The average molecular weight is 234 g/mol. The molecule has 0 saturated carbocycles. The number of hydrogen-bond donors (Lipinski definition) is 2. The fourth-order valence-electron chi connectivity index (χ4n) is 1.14. The van der Waals surface area contributed by atoms with Gasteiger partial charge in [-0.25, -0.2) is 4.79 Å². The highest BCUT2D eigenvalue weighted by atomic mass is 31.2. The van der Waals surface area contributed by atoms with Crippen molar-refractivity contribution in [2.75, 3.05) is 6.61 Å². The Balaban J connectivity index is 5.43. The standard InChI is InChI=1S/C9H15O5P/c1-4-7-9(5-2,15(11,12)13)8(10)14-6-3/h5-6H2,1-3H3,(H2,11,12,13). The van der Waals surface area contributed by atoms with Gasteiger partial charge in [0.2, 0.25) is 5.16 Å². The van der Waals surface area contributed by atoms with Crippen molar-refractivity contribution in [2.24, 2.45) is 0 Å². The van der Waals surface area contributed by atoms with Gasteiger partial charge in [-0.3, -0.25) is 4.57 Å². The molecule has 0 fully saturated rings. The molecule has 15 heavy (non-hydrogen) atoms. The highest BCUT2D eigenvalue weighted by molar-refractivity contribution is 7.55. The zero-order valence-corrected chi connectivity index (χ0v) is 9.88. The van der Waals surface area contributed by atoms with Crippen LogP contribution in [0.25, 0.3) is 0 Å². The number of carbonyl (C=O) groups is 1. The van der Waals surface area contributed by atoms with Gasteiger partial charge in [-0.2, -0.15) is 0 Å². The second-order valence-electron chi connectivity index (χ2n) is 2.85. The second kappa shape index (κ2) is 5.32. The highest BCUT2D eigenvalue weighted by Crippen LogP contribution is 2.52. The van der Waals surface area contributed by atoms with Crippen molar-refractivity contribution < 1.29 is 23.9 Å². The van der Waals surface area contributed by atoms with Crippen LogP contribution < -0.4 is 0 Å².